The Morgan fingerprint density at radius 3 is 2.72 bits per heavy atom. The molecule has 2 atom stereocenters. The molecule has 0 spiro atoms. The van der Waals surface area contributed by atoms with Crippen LogP contribution in [-0.4, -0.2) is 6.04 Å². The van der Waals surface area contributed by atoms with Crippen molar-refractivity contribution in [3.63, 3.8) is 0 Å². The first kappa shape index (κ1) is 13.5. The standard InChI is InChI=1S/C16H24FN/c1-12-10-16(2,3)9-8-15(12)18-11-13-6-4-5-7-14(13)17/h4-7,12,15,18H,8-11H2,1-3H3. The number of halogens is 1. The average Bonchev–Trinajstić information content (AvgIpc) is 2.29. The van der Waals surface area contributed by atoms with Crippen LogP contribution in [0.1, 0.15) is 45.6 Å². The number of hydrogen-bond donors (Lipinski definition) is 1. The first-order valence-corrected chi connectivity index (χ1v) is 6.95. The van der Waals surface area contributed by atoms with Gasteiger partial charge in [-0.2, -0.15) is 0 Å². The van der Waals surface area contributed by atoms with Gasteiger partial charge in [-0.15, -0.1) is 0 Å². The van der Waals surface area contributed by atoms with Crippen molar-refractivity contribution < 1.29 is 4.39 Å². The van der Waals surface area contributed by atoms with E-state index < -0.39 is 0 Å². The molecular weight excluding hydrogens is 225 g/mol. The van der Waals surface area contributed by atoms with Gasteiger partial charge in [-0.05, 0) is 36.7 Å². The second kappa shape index (κ2) is 5.40. The van der Waals surface area contributed by atoms with Crippen LogP contribution in [-0.2, 0) is 6.54 Å². The normalized spacial score (nSPS) is 27.1. The third-order valence-electron chi connectivity index (χ3n) is 4.21. The maximum Gasteiger partial charge on any atom is 0.127 e. The fourth-order valence-corrected chi connectivity index (χ4v) is 3.13. The SMILES string of the molecule is CC1CC(C)(C)CCC1NCc1ccccc1F. The molecule has 0 bridgehead atoms. The van der Waals surface area contributed by atoms with Gasteiger partial charge in [-0.1, -0.05) is 39.0 Å². The molecule has 1 aliphatic carbocycles. The largest absolute Gasteiger partial charge is 0.310 e. The summed E-state index contributed by atoms with van der Waals surface area (Å²) in [7, 11) is 0. The lowest BCUT2D eigenvalue weighted by Crippen LogP contribution is -2.41. The van der Waals surface area contributed by atoms with Crippen molar-refractivity contribution in [2.45, 2.75) is 52.6 Å². The molecule has 1 aromatic rings. The Labute approximate surface area is 110 Å². The molecule has 0 saturated heterocycles. The molecule has 1 aromatic carbocycles. The zero-order valence-corrected chi connectivity index (χ0v) is 11.7. The van der Waals surface area contributed by atoms with Gasteiger partial charge in [0, 0.05) is 18.2 Å². The maximum atomic E-state index is 13.5. The fourth-order valence-electron chi connectivity index (χ4n) is 3.13. The summed E-state index contributed by atoms with van der Waals surface area (Å²) in [6.45, 7) is 7.63. The highest BCUT2D eigenvalue weighted by atomic mass is 19.1. The molecule has 100 valence electrons. The monoisotopic (exact) mass is 249 g/mol. The van der Waals surface area contributed by atoms with Crippen molar-refractivity contribution in [2.75, 3.05) is 0 Å². The van der Waals surface area contributed by atoms with E-state index in [0.29, 0.717) is 23.9 Å². The molecule has 18 heavy (non-hydrogen) atoms. The summed E-state index contributed by atoms with van der Waals surface area (Å²) in [6.07, 6.45) is 3.71. The Morgan fingerprint density at radius 2 is 2.06 bits per heavy atom. The van der Waals surface area contributed by atoms with Gasteiger partial charge in [0.1, 0.15) is 5.82 Å². The van der Waals surface area contributed by atoms with Gasteiger partial charge in [0.05, 0.1) is 0 Å². The minimum atomic E-state index is -0.103. The summed E-state index contributed by atoms with van der Waals surface area (Å²) in [5.74, 6) is 0.564. The van der Waals surface area contributed by atoms with Gasteiger partial charge < -0.3 is 5.32 Å². The molecule has 0 radical (unpaired) electrons. The molecular formula is C16H24FN. The Balaban J connectivity index is 1.90. The van der Waals surface area contributed by atoms with Crippen LogP contribution in [0.5, 0.6) is 0 Å². The van der Waals surface area contributed by atoms with Crippen molar-refractivity contribution in [3.05, 3.63) is 35.6 Å². The highest BCUT2D eigenvalue weighted by Crippen LogP contribution is 2.38. The minimum Gasteiger partial charge on any atom is -0.310 e. The van der Waals surface area contributed by atoms with E-state index in [1.807, 2.05) is 12.1 Å². The molecule has 0 amide bonds. The van der Waals surface area contributed by atoms with Gasteiger partial charge in [0.25, 0.3) is 0 Å². The fraction of sp³-hybridized carbons (Fsp3) is 0.625. The second-order valence-corrected chi connectivity index (χ2v) is 6.46. The van der Waals surface area contributed by atoms with E-state index in [1.165, 1.54) is 25.3 Å². The highest BCUT2D eigenvalue weighted by molar-refractivity contribution is 5.17. The van der Waals surface area contributed by atoms with Crippen LogP contribution in [0.2, 0.25) is 0 Å². The summed E-state index contributed by atoms with van der Waals surface area (Å²) in [6, 6.07) is 7.56. The van der Waals surface area contributed by atoms with Crippen LogP contribution in [0, 0.1) is 17.2 Å². The number of hydrogen-bond acceptors (Lipinski definition) is 1. The van der Waals surface area contributed by atoms with Crippen molar-refractivity contribution in [1.82, 2.24) is 5.32 Å². The van der Waals surface area contributed by atoms with Crippen LogP contribution in [0.15, 0.2) is 24.3 Å². The summed E-state index contributed by atoms with van der Waals surface area (Å²) in [4.78, 5) is 0. The van der Waals surface area contributed by atoms with Gasteiger partial charge in [-0.25, -0.2) is 4.39 Å². The van der Waals surface area contributed by atoms with E-state index >= 15 is 0 Å². The van der Waals surface area contributed by atoms with Gasteiger partial charge in [-0.3, -0.25) is 0 Å². The predicted molar refractivity (Wildman–Crippen MR) is 73.8 cm³/mol. The molecule has 1 nitrogen and oxygen atoms in total. The third-order valence-corrected chi connectivity index (χ3v) is 4.21. The van der Waals surface area contributed by atoms with E-state index in [-0.39, 0.29) is 5.82 Å². The van der Waals surface area contributed by atoms with Crippen LogP contribution < -0.4 is 5.32 Å². The highest BCUT2D eigenvalue weighted by Gasteiger charge is 2.31. The van der Waals surface area contributed by atoms with Gasteiger partial charge in [0.2, 0.25) is 0 Å². The Hall–Kier alpha value is -0.890. The molecule has 1 aliphatic rings. The third kappa shape index (κ3) is 3.32. The summed E-state index contributed by atoms with van der Waals surface area (Å²) in [5.41, 5.74) is 1.24. The lowest BCUT2D eigenvalue weighted by atomic mass is 9.70. The lowest BCUT2D eigenvalue weighted by Gasteiger charge is -2.39. The topological polar surface area (TPSA) is 12.0 Å². The Morgan fingerprint density at radius 1 is 1.33 bits per heavy atom. The molecule has 2 heteroatoms. The number of nitrogens with one attached hydrogen (secondary N) is 1. The minimum absolute atomic E-state index is 0.103. The van der Waals surface area contributed by atoms with Crippen molar-refractivity contribution >= 4 is 0 Å². The first-order chi connectivity index (χ1) is 8.48. The predicted octanol–water partition coefficient (Wildman–Crippen LogP) is 4.13. The van der Waals surface area contributed by atoms with Crippen LogP contribution in [0.3, 0.4) is 0 Å². The number of benzene rings is 1. The quantitative estimate of drug-likeness (QED) is 0.849. The lowest BCUT2D eigenvalue weighted by molar-refractivity contribution is 0.148. The van der Waals surface area contributed by atoms with E-state index in [0.717, 1.165) is 5.56 Å². The smallest absolute Gasteiger partial charge is 0.127 e. The Kier molecular flexibility index (Phi) is 4.06. The summed E-state index contributed by atoms with van der Waals surface area (Å²) in [5, 5.41) is 3.53. The van der Waals surface area contributed by atoms with E-state index in [2.05, 4.69) is 26.1 Å². The second-order valence-electron chi connectivity index (χ2n) is 6.46. The Bertz CT molecular complexity index is 400. The van der Waals surface area contributed by atoms with Crippen molar-refractivity contribution in [1.29, 1.82) is 0 Å². The molecule has 0 heterocycles. The molecule has 2 unspecified atom stereocenters. The maximum absolute atomic E-state index is 13.5. The van der Waals surface area contributed by atoms with E-state index in [4.69, 9.17) is 0 Å². The zero-order valence-electron chi connectivity index (χ0n) is 11.7. The molecule has 1 fully saturated rings. The summed E-state index contributed by atoms with van der Waals surface area (Å²) < 4.78 is 13.5. The number of rotatable bonds is 3. The molecule has 1 N–H and O–H groups in total. The summed E-state index contributed by atoms with van der Waals surface area (Å²) >= 11 is 0. The average molecular weight is 249 g/mol. The van der Waals surface area contributed by atoms with Gasteiger partial charge >= 0.3 is 0 Å². The van der Waals surface area contributed by atoms with Crippen molar-refractivity contribution in [2.24, 2.45) is 11.3 Å². The zero-order chi connectivity index (χ0) is 13.2. The van der Waals surface area contributed by atoms with Crippen molar-refractivity contribution in [3.8, 4) is 0 Å². The molecule has 1 saturated carbocycles. The first-order valence-electron chi connectivity index (χ1n) is 6.95. The molecule has 0 aromatic heterocycles. The van der Waals surface area contributed by atoms with E-state index in [1.54, 1.807) is 6.07 Å². The van der Waals surface area contributed by atoms with Crippen LogP contribution >= 0.6 is 0 Å². The molecule has 2 rings (SSSR count). The van der Waals surface area contributed by atoms with E-state index in [9.17, 15) is 4.39 Å². The molecule has 0 aliphatic heterocycles. The van der Waals surface area contributed by atoms with Crippen LogP contribution in [0.4, 0.5) is 4.39 Å². The van der Waals surface area contributed by atoms with Gasteiger partial charge in [0.15, 0.2) is 0 Å². The van der Waals surface area contributed by atoms with Crippen LogP contribution in [0.25, 0.3) is 0 Å².